The van der Waals surface area contributed by atoms with Gasteiger partial charge in [-0.25, -0.2) is 4.98 Å². The van der Waals surface area contributed by atoms with Gasteiger partial charge in [-0.3, -0.25) is 0 Å². The smallest absolute Gasteiger partial charge is 0.201 e. The van der Waals surface area contributed by atoms with Gasteiger partial charge in [0, 0.05) is 6.20 Å². The third-order valence-corrected chi connectivity index (χ3v) is 2.17. The van der Waals surface area contributed by atoms with Crippen LogP contribution in [0.1, 0.15) is 12.0 Å². The van der Waals surface area contributed by atoms with E-state index in [9.17, 15) is 0 Å². The van der Waals surface area contributed by atoms with Crippen molar-refractivity contribution in [3.8, 4) is 0 Å². The van der Waals surface area contributed by atoms with Crippen LogP contribution in [0.4, 0.5) is 0 Å². The summed E-state index contributed by atoms with van der Waals surface area (Å²) in [7, 11) is 0. The van der Waals surface area contributed by atoms with Gasteiger partial charge in [-0.1, -0.05) is 0 Å². The Hall–Kier alpha value is -1.10. The fourth-order valence-electron chi connectivity index (χ4n) is 1.20. The highest BCUT2D eigenvalue weighted by molar-refractivity contribution is 7.80. The van der Waals surface area contributed by atoms with Crippen molar-refractivity contribution in [3.05, 3.63) is 17.8 Å². The molecule has 0 spiro atoms. The molecule has 0 atom stereocenters. The molecule has 2 aromatic rings. The van der Waals surface area contributed by atoms with Crippen LogP contribution < -0.4 is 0 Å². The molecule has 0 bridgehead atoms. The average Bonchev–Trinajstić information content (AvgIpc) is 2.61. The van der Waals surface area contributed by atoms with E-state index in [0.717, 1.165) is 24.1 Å². The number of aromatic amines is 1. The lowest BCUT2D eigenvalue weighted by atomic mass is 10.2. The fraction of sp³-hybridized carbons (Fsp3) is 0.375. The van der Waals surface area contributed by atoms with Crippen LogP contribution in [0.15, 0.2) is 12.3 Å². The summed E-state index contributed by atoms with van der Waals surface area (Å²) in [6, 6.07) is 2.01. The number of rotatable bonds is 3. The summed E-state index contributed by atoms with van der Waals surface area (Å²) in [5.41, 5.74) is 2.70. The van der Waals surface area contributed by atoms with E-state index in [1.165, 1.54) is 5.56 Å². The Kier molecular flexibility index (Phi) is 2.44. The Morgan fingerprint density at radius 1 is 1.38 bits per heavy atom. The van der Waals surface area contributed by atoms with Gasteiger partial charge in [0.05, 0.1) is 0 Å². The second kappa shape index (κ2) is 3.74. The number of nitrogens with one attached hydrogen (secondary N) is 1. The number of aromatic nitrogens is 4. The zero-order valence-corrected chi connectivity index (χ0v) is 7.96. The lowest BCUT2D eigenvalue weighted by Crippen LogP contribution is -1.88. The van der Waals surface area contributed by atoms with E-state index in [4.69, 9.17) is 0 Å². The Morgan fingerprint density at radius 2 is 2.31 bits per heavy atom. The first kappa shape index (κ1) is 8.50. The van der Waals surface area contributed by atoms with Crippen molar-refractivity contribution in [2.75, 3.05) is 5.75 Å². The van der Waals surface area contributed by atoms with Crippen molar-refractivity contribution >= 4 is 23.8 Å². The van der Waals surface area contributed by atoms with Gasteiger partial charge in [-0.15, -0.1) is 5.10 Å². The van der Waals surface area contributed by atoms with Crippen molar-refractivity contribution < 1.29 is 0 Å². The summed E-state index contributed by atoms with van der Waals surface area (Å²) >= 11 is 4.16. The van der Waals surface area contributed by atoms with Gasteiger partial charge in [-0.05, 0) is 30.2 Å². The maximum absolute atomic E-state index is 4.16. The van der Waals surface area contributed by atoms with Crippen LogP contribution in [0.25, 0.3) is 11.2 Å². The Morgan fingerprint density at radius 3 is 3.15 bits per heavy atom. The Bertz CT molecular complexity index is 398. The summed E-state index contributed by atoms with van der Waals surface area (Å²) in [6.45, 7) is 0. The number of aryl methyl sites for hydroxylation is 1. The lowest BCUT2D eigenvalue weighted by molar-refractivity contribution is 0.930. The zero-order valence-electron chi connectivity index (χ0n) is 7.06. The van der Waals surface area contributed by atoms with E-state index < -0.39 is 0 Å². The predicted molar refractivity (Wildman–Crippen MR) is 53.9 cm³/mol. The van der Waals surface area contributed by atoms with Crippen molar-refractivity contribution in [2.24, 2.45) is 0 Å². The van der Waals surface area contributed by atoms with Crippen LogP contribution in [0.3, 0.4) is 0 Å². The van der Waals surface area contributed by atoms with E-state index in [0.29, 0.717) is 5.65 Å². The Labute approximate surface area is 81.2 Å². The number of thiol groups is 1. The first-order valence-corrected chi connectivity index (χ1v) is 4.79. The molecule has 0 amide bonds. The summed E-state index contributed by atoms with van der Waals surface area (Å²) in [5, 5.41) is 10.4. The molecule has 0 aliphatic carbocycles. The molecule has 0 radical (unpaired) electrons. The molecule has 2 aromatic heterocycles. The molecule has 2 heterocycles. The van der Waals surface area contributed by atoms with Crippen LogP contribution in [0.2, 0.25) is 0 Å². The van der Waals surface area contributed by atoms with Crippen molar-refractivity contribution in [2.45, 2.75) is 12.8 Å². The first-order chi connectivity index (χ1) is 6.40. The maximum atomic E-state index is 4.16. The molecule has 0 aliphatic heterocycles. The van der Waals surface area contributed by atoms with Gasteiger partial charge in [0.1, 0.15) is 5.52 Å². The van der Waals surface area contributed by atoms with Gasteiger partial charge < -0.3 is 0 Å². The number of nitrogens with zero attached hydrogens (tertiary/aromatic N) is 3. The molecular formula is C8H10N4S. The summed E-state index contributed by atoms with van der Waals surface area (Å²) in [6.07, 6.45) is 3.90. The largest absolute Gasteiger partial charge is 0.233 e. The number of H-pyrrole nitrogens is 1. The molecule has 0 saturated heterocycles. The van der Waals surface area contributed by atoms with Gasteiger partial charge in [-0.2, -0.15) is 22.9 Å². The topological polar surface area (TPSA) is 54.5 Å². The van der Waals surface area contributed by atoms with Gasteiger partial charge >= 0.3 is 0 Å². The van der Waals surface area contributed by atoms with Crippen LogP contribution in [-0.4, -0.2) is 26.1 Å². The molecule has 0 fully saturated rings. The molecular weight excluding hydrogens is 184 g/mol. The van der Waals surface area contributed by atoms with E-state index in [2.05, 4.69) is 33.0 Å². The number of hydrogen-bond donors (Lipinski definition) is 2. The van der Waals surface area contributed by atoms with Crippen LogP contribution in [0, 0.1) is 0 Å². The highest BCUT2D eigenvalue weighted by atomic mass is 32.1. The number of fused-ring (bicyclic) bond motifs is 1. The average molecular weight is 194 g/mol. The molecule has 13 heavy (non-hydrogen) atoms. The SMILES string of the molecule is SCCCc1cnc2n[nH]nc2c1. The van der Waals surface area contributed by atoms with Crippen molar-refractivity contribution in [1.82, 2.24) is 20.4 Å². The second-order valence-corrected chi connectivity index (χ2v) is 3.28. The summed E-state index contributed by atoms with van der Waals surface area (Å²) in [5.74, 6) is 0.900. The van der Waals surface area contributed by atoms with Crippen LogP contribution >= 0.6 is 12.6 Å². The van der Waals surface area contributed by atoms with Gasteiger partial charge in [0.25, 0.3) is 0 Å². The van der Waals surface area contributed by atoms with Crippen molar-refractivity contribution in [3.63, 3.8) is 0 Å². The standard InChI is InChI=1S/C8H10N4S/c13-3-1-2-6-4-7-8(9-5-6)11-12-10-7/h4-5,13H,1-3H2,(H,9,10,11,12). The third kappa shape index (κ3) is 1.80. The van der Waals surface area contributed by atoms with Crippen LogP contribution in [0.5, 0.6) is 0 Å². The van der Waals surface area contributed by atoms with Gasteiger partial charge in [0.15, 0.2) is 0 Å². The summed E-state index contributed by atoms with van der Waals surface area (Å²) < 4.78 is 0. The van der Waals surface area contributed by atoms with E-state index in [-0.39, 0.29) is 0 Å². The second-order valence-electron chi connectivity index (χ2n) is 2.84. The normalized spacial score (nSPS) is 10.8. The molecule has 4 nitrogen and oxygen atoms in total. The molecule has 0 saturated carbocycles. The molecule has 0 aromatic carbocycles. The molecule has 0 aliphatic rings. The molecule has 2 rings (SSSR count). The van der Waals surface area contributed by atoms with Gasteiger partial charge in [0.2, 0.25) is 5.65 Å². The Balaban J connectivity index is 2.26. The highest BCUT2D eigenvalue weighted by Crippen LogP contribution is 2.09. The fourth-order valence-corrected chi connectivity index (χ4v) is 1.36. The predicted octanol–water partition coefficient (Wildman–Crippen LogP) is 1.22. The van der Waals surface area contributed by atoms with Crippen LogP contribution in [-0.2, 0) is 6.42 Å². The zero-order chi connectivity index (χ0) is 9.10. The van der Waals surface area contributed by atoms with E-state index >= 15 is 0 Å². The monoisotopic (exact) mass is 194 g/mol. The third-order valence-electron chi connectivity index (χ3n) is 1.85. The molecule has 0 unspecified atom stereocenters. The molecule has 5 heteroatoms. The maximum Gasteiger partial charge on any atom is 0.201 e. The molecule has 1 N–H and O–H groups in total. The van der Waals surface area contributed by atoms with E-state index in [1.54, 1.807) is 0 Å². The minimum absolute atomic E-state index is 0.676. The molecule has 68 valence electrons. The number of pyridine rings is 1. The van der Waals surface area contributed by atoms with E-state index in [1.807, 2.05) is 12.3 Å². The quantitative estimate of drug-likeness (QED) is 0.722. The minimum atomic E-state index is 0.676. The number of hydrogen-bond acceptors (Lipinski definition) is 4. The summed E-state index contributed by atoms with van der Waals surface area (Å²) in [4.78, 5) is 4.16. The highest BCUT2D eigenvalue weighted by Gasteiger charge is 2.00. The lowest BCUT2D eigenvalue weighted by Gasteiger charge is -1.96. The van der Waals surface area contributed by atoms with Crippen molar-refractivity contribution in [1.29, 1.82) is 0 Å². The first-order valence-electron chi connectivity index (χ1n) is 4.16. The minimum Gasteiger partial charge on any atom is -0.233 e.